The third kappa shape index (κ3) is 4.26. The molecule has 8 heteroatoms. The number of aromatic nitrogens is 2. The van der Waals surface area contributed by atoms with Gasteiger partial charge in [0.1, 0.15) is 11.9 Å². The van der Waals surface area contributed by atoms with Crippen molar-refractivity contribution in [2.24, 2.45) is 0 Å². The van der Waals surface area contributed by atoms with E-state index in [-0.39, 0.29) is 23.6 Å². The Kier molecular flexibility index (Phi) is 5.50. The molecule has 1 saturated heterocycles. The highest BCUT2D eigenvalue weighted by molar-refractivity contribution is 7.89. The molecule has 0 spiro atoms. The molecular formula is C17H21N3O4S. The zero-order valence-corrected chi connectivity index (χ0v) is 14.9. The Morgan fingerprint density at radius 2 is 1.92 bits per heavy atom. The highest BCUT2D eigenvalue weighted by Crippen LogP contribution is 2.24. The second-order valence-corrected chi connectivity index (χ2v) is 7.62. The Morgan fingerprint density at radius 3 is 2.60 bits per heavy atom. The summed E-state index contributed by atoms with van der Waals surface area (Å²) in [6.45, 7) is 3.19. The molecule has 1 aliphatic rings. The van der Waals surface area contributed by atoms with Gasteiger partial charge in [0, 0.05) is 18.9 Å². The van der Waals surface area contributed by atoms with Crippen molar-refractivity contribution in [1.29, 1.82) is 0 Å². The zero-order valence-electron chi connectivity index (χ0n) is 14.0. The predicted octanol–water partition coefficient (Wildman–Crippen LogP) is 2.11. The lowest BCUT2D eigenvalue weighted by Gasteiger charge is -2.31. The van der Waals surface area contributed by atoms with Crippen molar-refractivity contribution in [2.75, 3.05) is 19.7 Å². The Balaban J connectivity index is 1.71. The van der Waals surface area contributed by atoms with E-state index in [1.807, 2.05) is 6.92 Å². The van der Waals surface area contributed by atoms with Gasteiger partial charge in [-0.2, -0.15) is 4.31 Å². The monoisotopic (exact) mass is 363 g/mol. The minimum Gasteiger partial charge on any atom is -0.494 e. The van der Waals surface area contributed by atoms with E-state index in [0.29, 0.717) is 18.9 Å². The molecule has 134 valence electrons. The fourth-order valence-electron chi connectivity index (χ4n) is 2.74. The number of benzene rings is 1. The van der Waals surface area contributed by atoms with E-state index < -0.39 is 10.0 Å². The molecule has 1 atom stereocenters. The highest BCUT2D eigenvalue weighted by atomic mass is 32.2. The lowest BCUT2D eigenvalue weighted by molar-refractivity contribution is 0.119. The van der Waals surface area contributed by atoms with Crippen molar-refractivity contribution in [2.45, 2.75) is 30.8 Å². The molecule has 3 rings (SSSR count). The summed E-state index contributed by atoms with van der Waals surface area (Å²) in [5.74, 6) is 0.655. The first kappa shape index (κ1) is 17.6. The number of ether oxygens (including phenoxy) is 2. The van der Waals surface area contributed by atoms with Crippen molar-refractivity contribution < 1.29 is 17.9 Å². The fourth-order valence-corrected chi connectivity index (χ4v) is 4.25. The van der Waals surface area contributed by atoms with Gasteiger partial charge >= 0.3 is 6.01 Å². The van der Waals surface area contributed by atoms with Gasteiger partial charge in [-0.05, 0) is 50.1 Å². The topological polar surface area (TPSA) is 81.6 Å². The van der Waals surface area contributed by atoms with Gasteiger partial charge < -0.3 is 9.47 Å². The molecule has 0 aliphatic carbocycles. The van der Waals surface area contributed by atoms with Crippen molar-refractivity contribution in [1.82, 2.24) is 14.3 Å². The van der Waals surface area contributed by atoms with Crippen LogP contribution in [0, 0.1) is 0 Å². The largest absolute Gasteiger partial charge is 0.494 e. The van der Waals surface area contributed by atoms with Crippen LogP contribution in [-0.4, -0.2) is 48.5 Å². The van der Waals surface area contributed by atoms with Crippen LogP contribution in [0.2, 0.25) is 0 Å². The van der Waals surface area contributed by atoms with Gasteiger partial charge in [-0.1, -0.05) is 0 Å². The minimum absolute atomic E-state index is 0.256. The normalized spacial score (nSPS) is 18.7. The standard InChI is InChI=1S/C17H21N3O4S/c1-2-23-14-6-8-16(9-7-14)25(21,22)20-12-3-5-15(13-20)24-17-18-10-4-11-19-17/h4,6-11,15H,2-3,5,12-13H2,1H3. The maximum Gasteiger partial charge on any atom is 0.316 e. The van der Waals surface area contributed by atoms with Crippen molar-refractivity contribution in [3.05, 3.63) is 42.7 Å². The molecule has 0 radical (unpaired) electrons. The molecule has 0 N–H and O–H groups in total. The summed E-state index contributed by atoms with van der Waals surface area (Å²) in [6, 6.07) is 8.47. The van der Waals surface area contributed by atoms with Gasteiger partial charge in [0.15, 0.2) is 0 Å². The summed E-state index contributed by atoms with van der Waals surface area (Å²) < 4.78 is 38.2. The molecule has 2 aromatic rings. The van der Waals surface area contributed by atoms with Crippen LogP contribution in [0.25, 0.3) is 0 Å². The number of piperidine rings is 1. The third-order valence-corrected chi connectivity index (χ3v) is 5.81. The molecule has 0 saturated carbocycles. The molecule has 2 heterocycles. The van der Waals surface area contributed by atoms with Crippen LogP contribution < -0.4 is 9.47 Å². The smallest absolute Gasteiger partial charge is 0.316 e. The van der Waals surface area contributed by atoms with Crippen molar-refractivity contribution >= 4 is 10.0 Å². The summed E-state index contributed by atoms with van der Waals surface area (Å²) in [7, 11) is -3.56. The van der Waals surface area contributed by atoms with Crippen LogP contribution in [-0.2, 0) is 10.0 Å². The van der Waals surface area contributed by atoms with E-state index >= 15 is 0 Å². The SMILES string of the molecule is CCOc1ccc(S(=O)(=O)N2CCCC(Oc3ncccn3)C2)cc1. The highest BCUT2D eigenvalue weighted by Gasteiger charge is 2.31. The fraction of sp³-hybridized carbons (Fsp3) is 0.412. The summed E-state index contributed by atoms with van der Waals surface area (Å²) in [6.07, 6.45) is 4.44. The molecule has 7 nitrogen and oxygen atoms in total. The van der Waals surface area contributed by atoms with Crippen LogP contribution in [0.3, 0.4) is 0 Å². The molecule has 0 bridgehead atoms. The van der Waals surface area contributed by atoms with Gasteiger partial charge in [-0.15, -0.1) is 0 Å². The molecule has 1 aromatic heterocycles. The van der Waals surface area contributed by atoms with Crippen molar-refractivity contribution in [3.8, 4) is 11.8 Å². The van der Waals surface area contributed by atoms with E-state index in [0.717, 1.165) is 12.8 Å². The molecular weight excluding hydrogens is 342 g/mol. The maximum atomic E-state index is 12.9. The Hall–Kier alpha value is -2.19. The molecule has 1 unspecified atom stereocenters. The van der Waals surface area contributed by atoms with Gasteiger partial charge in [0.05, 0.1) is 18.0 Å². The Bertz CT molecular complexity index is 781. The predicted molar refractivity (Wildman–Crippen MR) is 92.1 cm³/mol. The molecule has 1 fully saturated rings. The minimum atomic E-state index is -3.56. The maximum absolute atomic E-state index is 12.9. The number of sulfonamides is 1. The van der Waals surface area contributed by atoms with Crippen LogP contribution in [0.1, 0.15) is 19.8 Å². The summed E-state index contributed by atoms with van der Waals surface area (Å²) in [4.78, 5) is 8.32. The Labute approximate surface area is 147 Å². The lowest BCUT2D eigenvalue weighted by atomic mass is 10.1. The van der Waals surface area contributed by atoms with Crippen LogP contribution in [0.4, 0.5) is 0 Å². The summed E-state index contributed by atoms with van der Waals surface area (Å²) in [5.41, 5.74) is 0. The summed E-state index contributed by atoms with van der Waals surface area (Å²) >= 11 is 0. The van der Waals surface area contributed by atoms with Crippen LogP contribution in [0.5, 0.6) is 11.8 Å². The van der Waals surface area contributed by atoms with Crippen LogP contribution in [0.15, 0.2) is 47.6 Å². The lowest BCUT2D eigenvalue weighted by Crippen LogP contribution is -2.44. The summed E-state index contributed by atoms with van der Waals surface area (Å²) in [5, 5.41) is 0. The van der Waals surface area contributed by atoms with E-state index in [9.17, 15) is 8.42 Å². The Morgan fingerprint density at radius 1 is 1.20 bits per heavy atom. The first-order valence-corrected chi connectivity index (χ1v) is 9.70. The van der Waals surface area contributed by atoms with Gasteiger partial charge in [-0.25, -0.2) is 18.4 Å². The molecule has 0 amide bonds. The van der Waals surface area contributed by atoms with Gasteiger partial charge in [0.25, 0.3) is 0 Å². The quantitative estimate of drug-likeness (QED) is 0.782. The second kappa shape index (κ2) is 7.79. The zero-order chi connectivity index (χ0) is 17.7. The first-order valence-electron chi connectivity index (χ1n) is 8.26. The second-order valence-electron chi connectivity index (χ2n) is 5.68. The average Bonchev–Trinajstić information content (AvgIpc) is 2.64. The number of hydrogen-bond donors (Lipinski definition) is 0. The molecule has 1 aliphatic heterocycles. The average molecular weight is 363 g/mol. The first-order chi connectivity index (χ1) is 12.1. The molecule has 1 aromatic carbocycles. The van der Waals surface area contributed by atoms with Crippen LogP contribution >= 0.6 is 0 Å². The van der Waals surface area contributed by atoms with Crippen molar-refractivity contribution in [3.63, 3.8) is 0 Å². The number of nitrogens with zero attached hydrogens (tertiary/aromatic N) is 3. The van der Waals surface area contributed by atoms with Gasteiger partial charge in [0.2, 0.25) is 10.0 Å². The van der Waals surface area contributed by atoms with E-state index in [4.69, 9.17) is 9.47 Å². The van der Waals surface area contributed by atoms with E-state index in [1.165, 1.54) is 4.31 Å². The van der Waals surface area contributed by atoms with E-state index in [2.05, 4.69) is 9.97 Å². The molecule has 25 heavy (non-hydrogen) atoms. The van der Waals surface area contributed by atoms with Gasteiger partial charge in [-0.3, -0.25) is 0 Å². The number of rotatable bonds is 6. The third-order valence-electron chi connectivity index (χ3n) is 3.93. The van der Waals surface area contributed by atoms with E-state index in [1.54, 1.807) is 42.7 Å². The number of hydrogen-bond acceptors (Lipinski definition) is 6.